The Kier molecular flexibility index (Phi) is 3.32. The lowest BCUT2D eigenvalue weighted by molar-refractivity contribution is 0.0541. The molecule has 0 unspecified atom stereocenters. The van der Waals surface area contributed by atoms with Crippen LogP contribution in [-0.2, 0) is 4.74 Å². The molecule has 2 heteroatoms. The van der Waals surface area contributed by atoms with Crippen LogP contribution in [0.1, 0.15) is 43.0 Å². The van der Waals surface area contributed by atoms with E-state index in [9.17, 15) is 4.79 Å². The highest BCUT2D eigenvalue weighted by atomic mass is 16.5. The van der Waals surface area contributed by atoms with Gasteiger partial charge in [0.1, 0.15) is 5.76 Å². The number of benzene rings is 1. The van der Waals surface area contributed by atoms with Crippen molar-refractivity contribution in [2.45, 2.75) is 32.6 Å². The van der Waals surface area contributed by atoms with Gasteiger partial charge in [0, 0.05) is 5.41 Å². The van der Waals surface area contributed by atoms with Crippen molar-refractivity contribution in [1.82, 2.24) is 0 Å². The summed E-state index contributed by atoms with van der Waals surface area (Å²) in [4.78, 5) is 11.9. The van der Waals surface area contributed by atoms with Gasteiger partial charge in [0.2, 0.25) is 0 Å². The highest BCUT2D eigenvalue weighted by Crippen LogP contribution is 2.43. The van der Waals surface area contributed by atoms with E-state index in [0.29, 0.717) is 11.3 Å². The van der Waals surface area contributed by atoms with E-state index in [-0.39, 0.29) is 11.4 Å². The fraction of sp³-hybridized carbons (Fsp3) is 0.400. The predicted octanol–water partition coefficient (Wildman–Crippen LogP) is 3.94. The molecule has 0 radical (unpaired) electrons. The van der Waals surface area contributed by atoms with E-state index < -0.39 is 0 Å². The molecule has 2 nitrogen and oxygen atoms in total. The van der Waals surface area contributed by atoms with Crippen molar-refractivity contribution in [3.05, 3.63) is 48.2 Å². The Labute approximate surface area is 102 Å². The summed E-state index contributed by atoms with van der Waals surface area (Å²) in [5, 5.41) is 0. The number of allylic oxidation sites excluding steroid dienone is 1. The first-order valence-corrected chi connectivity index (χ1v) is 6.08. The van der Waals surface area contributed by atoms with E-state index in [1.165, 1.54) is 12.8 Å². The van der Waals surface area contributed by atoms with Crippen molar-refractivity contribution in [3.8, 4) is 0 Å². The number of carbonyl (C=O) groups is 1. The highest BCUT2D eigenvalue weighted by Gasteiger charge is 2.34. The number of hydrogen-bond donors (Lipinski definition) is 0. The topological polar surface area (TPSA) is 26.3 Å². The Morgan fingerprint density at radius 3 is 2.41 bits per heavy atom. The Bertz CT molecular complexity index is 414. The highest BCUT2D eigenvalue weighted by molar-refractivity contribution is 5.90. The summed E-state index contributed by atoms with van der Waals surface area (Å²) in [6.45, 7) is 6.06. The maximum absolute atomic E-state index is 11.9. The van der Waals surface area contributed by atoms with Crippen molar-refractivity contribution in [2.24, 2.45) is 5.41 Å². The average molecular weight is 230 g/mol. The molecule has 0 N–H and O–H groups in total. The molecule has 1 fully saturated rings. The molecule has 0 spiro atoms. The van der Waals surface area contributed by atoms with Gasteiger partial charge in [-0.05, 0) is 25.0 Å². The first-order valence-electron chi connectivity index (χ1n) is 6.08. The molecule has 0 aliphatic heterocycles. The molecule has 1 aromatic carbocycles. The molecule has 1 saturated carbocycles. The molecule has 1 aliphatic rings. The van der Waals surface area contributed by atoms with Crippen LogP contribution in [0, 0.1) is 5.41 Å². The van der Waals surface area contributed by atoms with E-state index in [1.54, 1.807) is 12.1 Å². The fourth-order valence-corrected chi connectivity index (χ4v) is 2.30. The molecule has 17 heavy (non-hydrogen) atoms. The van der Waals surface area contributed by atoms with E-state index in [1.807, 2.05) is 18.2 Å². The van der Waals surface area contributed by atoms with E-state index in [2.05, 4.69) is 13.5 Å². The van der Waals surface area contributed by atoms with Gasteiger partial charge in [0.15, 0.2) is 0 Å². The Hall–Kier alpha value is -1.57. The fourth-order valence-electron chi connectivity index (χ4n) is 2.30. The lowest BCUT2D eigenvalue weighted by Gasteiger charge is -2.25. The van der Waals surface area contributed by atoms with Crippen LogP contribution in [0.3, 0.4) is 0 Å². The molecule has 90 valence electrons. The summed E-state index contributed by atoms with van der Waals surface area (Å²) in [5.41, 5.74) is 0.556. The van der Waals surface area contributed by atoms with Gasteiger partial charge in [-0.15, -0.1) is 0 Å². The maximum Gasteiger partial charge on any atom is 0.343 e. The number of esters is 1. The van der Waals surface area contributed by atoms with Crippen LogP contribution in [0.5, 0.6) is 0 Å². The number of hydrogen-bond acceptors (Lipinski definition) is 2. The Morgan fingerprint density at radius 1 is 1.24 bits per heavy atom. The molecule has 0 saturated heterocycles. The van der Waals surface area contributed by atoms with Crippen molar-refractivity contribution in [3.63, 3.8) is 0 Å². The normalized spacial score (nSPS) is 17.7. The summed E-state index contributed by atoms with van der Waals surface area (Å²) >= 11 is 0. The zero-order valence-corrected chi connectivity index (χ0v) is 10.2. The summed E-state index contributed by atoms with van der Waals surface area (Å²) in [7, 11) is 0. The van der Waals surface area contributed by atoms with Gasteiger partial charge in [-0.3, -0.25) is 0 Å². The molecular weight excluding hydrogens is 212 g/mol. The molecular formula is C15H18O2. The summed E-state index contributed by atoms with van der Waals surface area (Å²) in [6.07, 6.45) is 4.51. The monoisotopic (exact) mass is 230 g/mol. The van der Waals surface area contributed by atoms with E-state index in [4.69, 9.17) is 4.74 Å². The van der Waals surface area contributed by atoms with Gasteiger partial charge in [0.05, 0.1) is 5.56 Å². The molecule has 0 atom stereocenters. The third kappa shape index (κ3) is 2.57. The lowest BCUT2D eigenvalue weighted by atomic mass is 9.87. The van der Waals surface area contributed by atoms with Crippen molar-refractivity contribution < 1.29 is 9.53 Å². The van der Waals surface area contributed by atoms with E-state index >= 15 is 0 Å². The Morgan fingerprint density at radius 2 is 1.82 bits per heavy atom. The second kappa shape index (κ2) is 4.74. The molecule has 0 amide bonds. The van der Waals surface area contributed by atoms with Gasteiger partial charge in [-0.25, -0.2) is 4.79 Å². The van der Waals surface area contributed by atoms with Crippen molar-refractivity contribution >= 4 is 5.97 Å². The molecule has 1 aliphatic carbocycles. The average Bonchev–Trinajstić information content (AvgIpc) is 2.78. The SMILES string of the molecule is C=C(OC(=O)c1ccccc1)C1(C)CCCC1. The van der Waals surface area contributed by atoms with Crippen LogP contribution in [0.4, 0.5) is 0 Å². The minimum Gasteiger partial charge on any atom is -0.428 e. The number of rotatable bonds is 3. The second-order valence-electron chi connectivity index (χ2n) is 4.95. The summed E-state index contributed by atoms with van der Waals surface area (Å²) in [5.74, 6) is 0.313. The zero-order chi connectivity index (χ0) is 12.3. The van der Waals surface area contributed by atoms with Crippen LogP contribution in [0.15, 0.2) is 42.7 Å². The van der Waals surface area contributed by atoms with Crippen LogP contribution in [-0.4, -0.2) is 5.97 Å². The maximum atomic E-state index is 11.9. The summed E-state index contributed by atoms with van der Waals surface area (Å²) in [6, 6.07) is 9.05. The lowest BCUT2D eigenvalue weighted by Crippen LogP contribution is -2.19. The number of ether oxygens (including phenoxy) is 1. The van der Waals surface area contributed by atoms with Gasteiger partial charge in [-0.2, -0.15) is 0 Å². The molecule has 1 aromatic rings. The molecule has 2 rings (SSSR count). The van der Waals surface area contributed by atoms with Gasteiger partial charge >= 0.3 is 5.97 Å². The van der Waals surface area contributed by atoms with E-state index in [0.717, 1.165) is 12.8 Å². The van der Waals surface area contributed by atoms with Crippen LogP contribution >= 0.6 is 0 Å². The minimum absolute atomic E-state index is 0.0234. The quantitative estimate of drug-likeness (QED) is 0.580. The smallest absolute Gasteiger partial charge is 0.343 e. The third-order valence-corrected chi connectivity index (χ3v) is 3.61. The predicted molar refractivity (Wildman–Crippen MR) is 67.6 cm³/mol. The van der Waals surface area contributed by atoms with Crippen LogP contribution in [0.25, 0.3) is 0 Å². The number of carbonyl (C=O) groups excluding carboxylic acids is 1. The van der Waals surface area contributed by atoms with Gasteiger partial charge in [0.25, 0.3) is 0 Å². The van der Waals surface area contributed by atoms with Crippen LogP contribution in [0.2, 0.25) is 0 Å². The largest absolute Gasteiger partial charge is 0.428 e. The standard InChI is InChI=1S/C15H18O2/c1-12(15(2)10-6-7-11-15)17-14(16)13-8-4-3-5-9-13/h3-5,8-9H,1,6-7,10-11H2,2H3. The van der Waals surface area contributed by atoms with Crippen molar-refractivity contribution in [2.75, 3.05) is 0 Å². The third-order valence-electron chi connectivity index (χ3n) is 3.61. The zero-order valence-electron chi connectivity index (χ0n) is 10.2. The van der Waals surface area contributed by atoms with Gasteiger partial charge in [-0.1, -0.05) is 44.5 Å². The second-order valence-corrected chi connectivity index (χ2v) is 4.95. The summed E-state index contributed by atoms with van der Waals surface area (Å²) < 4.78 is 5.39. The van der Waals surface area contributed by atoms with Crippen LogP contribution < -0.4 is 0 Å². The van der Waals surface area contributed by atoms with Gasteiger partial charge < -0.3 is 4.74 Å². The van der Waals surface area contributed by atoms with Crippen molar-refractivity contribution in [1.29, 1.82) is 0 Å². The first kappa shape index (κ1) is 11.9. The molecule has 0 aromatic heterocycles. The molecule has 0 heterocycles. The molecule has 0 bridgehead atoms. The first-order chi connectivity index (χ1) is 8.12. The Balaban J connectivity index is 2.02. The minimum atomic E-state index is -0.302.